The summed E-state index contributed by atoms with van der Waals surface area (Å²) >= 11 is 12.6. The van der Waals surface area contributed by atoms with E-state index in [1.165, 1.54) is 16.4 Å². The van der Waals surface area contributed by atoms with Crippen LogP contribution in [0.4, 0.5) is 17.1 Å². The first-order valence-corrected chi connectivity index (χ1v) is 13.1. The minimum Gasteiger partial charge on any atom is -0.366 e. The molecule has 1 N–H and O–H groups in total. The molecule has 1 fully saturated rings. The van der Waals surface area contributed by atoms with Gasteiger partial charge in [0.2, 0.25) is 10.0 Å². The Balaban J connectivity index is 1.54. The maximum absolute atomic E-state index is 13.0. The van der Waals surface area contributed by atoms with Crippen molar-refractivity contribution in [2.24, 2.45) is 0 Å². The van der Waals surface area contributed by atoms with Gasteiger partial charge in [0.05, 0.1) is 36.8 Å². The van der Waals surface area contributed by atoms with Gasteiger partial charge in [-0.15, -0.1) is 0 Å². The third-order valence-electron chi connectivity index (χ3n) is 5.85. The van der Waals surface area contributed by atoms with Crippen LogP contribution in [0.2, 0.25) is 10.0 Å². The number of nitro benzene ring substituents is 1. The molecule has 3 aromatic carbocycles. The zero-order valence-electron chi connectivity index (χ0n) is 19.1. The molecule has 1 aliphatic heterocycles. The lowest BCUT2D eigenvalue weighted by Crippen LogP contribution is -2.49. The highest BCUT2D eigenvalue weighted by Crippen LogP contribution is 2.36. The number of nitro groups is 1. The second-order valence-corrected chi connectivity index (χ2v) is 11.0. The number of amides is 1. The van der Waals surface area contributed by atoms with Gasteiger partial charge in [-0.25, -0.2) is 8.42 Å². The molecule has 0 radical (unpaired) electrons. The number of para-hydroxylation sites is 1. The van der Waals surface area contributed by atoms with E-state index in [-0.39, 0.29) is 34.3 Å². The molecule has 0 aliphatic carbocycles. The van der Waals surface area contributed by atoms with Gasteiger partial charge in [-0.3, -0.25) is 14.9 Å². The highest BCUT2D eigenvalue weighted by molar-refractivity contribution is 7.89. The summed E-state index contributed by atoms with van der Waals surface area (Å²) in [6.07, 6.45) is 0. The van der Waals surface area contributed by atoms with Crippen molar-refractivity contribution in [2.75, 3.05) is 36.4 Å². The SMILES string of the molecule is Cc1ccc(S(=O)(=O)N2CCN(c3c(Cl)cccc3NC(=O)c3cc([N+](=O)[O-])ccc3Cl)CC2)cc1. The fourth-order valence-electron chi connectivity index (χ4n) is 3.94. The van der Waals surface area contributed by atoms with Gasteiger partial charge in [0, 0.05) is 38.3 Å². The van der Waals surface area contributed by atoms with Gasteiger partial charge < -0.3 is 10.2 Å². The molecule has 1 aliphatic rings. The van der Waals surface area contributed by atoms with E-state index in [0.717, 1.165) is 11.6 Å². The smallest absolute Gasteiger partial charge is 0.270 e. The molecule has 12 heteroatoms. The first-order valence-electron chi connectivity index (χ1n) is 10.9. The Hall–Kier alpha value is -3.18. The number of piperazine rings is 1. The summed E-state index contributed by atoms with van der Waals surface area (Å²) in [5.41, 5.74) is 1.57. The lowest BCUT2D eigenvalue weighted by molar-refractivity contribution is -0.384. The Morgan fingerprint density at radius 3 is 2.28 bits per heavy atom. The van der Waals surface area contributed by atoms with Crippen molar-refractivity contribution in [1.82, 2.24) is 4.31 Å². The van der Waals surface area contributed by atoms with Gasteiger partial charge in [0.1, 0.15) is 0 Å². The number of non-ortho nitro benzene ring substituents is 1. The molecule has 0 unspecified atom stereocenters. The van der Waals surface area contributed by atoms with E-state index in [4.69, 9.17) is 23.2 Å². The number of nitrogens with one attached hydrogen (secondary N) is 1. The molecule has 0 spiro atoms. The first kappa shape index (κ1) is 25.9. The highest BCUT2D eigenvalue weighted by atomic mass is 35.5. The molecule has 0 atom stereocenters. The number of halogens is 2. The molecule has 0 aromatic heterocycles. The molecule has 9 nitrogen and oxygen atoms in total. The molecule has 1 saturated heterocycles. The number of hydrogen-bond acceptors (Lipinski definition) is 6. The van der Waals surface area contributed by atoms with Gasteiger partial charge in [-0.05, 0) is 37.3 Å². The molecule has 3 aromatic rings. The Morgan fingerprint density at radius 1 is 0.972 bits per heavy atom. The molecule has 188 valence electrons. The molecule has 4 rings (SSSR count). The minimum absolute atomic E-state index is 0.0502. The summed E-state index contributed by atoms with van der Waals surface area (Å²) in [6, 6.07) is 15.3. The van der Waals surface area contributed by atoms with Crippen LogP contribution in [0.1, 0.15) is 15.9 Å². The van der Waals surface area contributed by atoms with E-state index >= 15 is 0 Å². The number of carbonyl (C=O) groups excluding carboxylic acids is 1. The van der Waals surface area contributed by atoms with Gasteiger partial charge in [-0.2, -0.15) is 4.31 Å². The lowest BCUT2D eigenvalue weighted by Gasteiger charge is -2.36. The average molecular weight is 549 g/mol. The summed E-state index contributed by atoms with van der Waals surface area (Å²) in [7, 11) is -3.64. The van der Waals surface area contributed by atoms with Crippen molar-refractivity contribution in [3.8, 4) is 0 Å². The fraction of sp³-hybridized carbons (Fsp3) is 0.208. The molecule has 1 amide bonds. The Morgan fingerprint density at radius 2 is 1.64 bits per heavy atom. The highest BCUT2D eigenvalue weighted by Gasteiger charge is 2.30. The second-order valence-electron chi connectivity index (χ2n) is 8.22. The topological polar surface area (TPSA) is 113 Å². The normalized spacial score (nSPS) is 14.5. The molecule has 36 heavy (non-hydrogen) atoms. The predicted octanol–water partition coefficient (Wildman–Crippen LogP) is 4.97. The van der Waals surface area contributed by atoms with Crippen LogP contribution in [0, 0.1) is 17.0 Å². The predicted molar refractivity (Wildman–Crippen MR) is 140 cm³/mol. The molecule has 0 saturated carbocycles. The molecular weight excluding hydrogens is 527 g/mol. The monoisotopic (exact) mass is 548 g/mol. The van der Waals surface area contributed by atoms with E-state index in [0.29, 0.717) is 29.5 Å². The Labute approximate surface area is 218 Å². The Kier molecular flexibility index (Phi) is 7.51. The number of anilines is 2. The quantitative estimate of drug-likeness (QED) is 0.343. The van der Waals surface area contributed by atoms with Crippen molar-refractivity contribution < 1.29 is 18.1 Å². The number of nitrogens with zero attached hydrogens (tertiary/aromatic N) is 3. The van der Waals surface area contributed by atoms with Gasteiger partial charge in [-0.1, -0.05) is 47.0 Å². The van der Waals surface area contributed by atoms with Crippen molar-refractivity contribution in [2.45, 2.75) is 11.8 Å². The number of hydrogen-bond donors (Lipinski definition) is 1. The zero-order chi connectivity index (χ0) is 26.0. The van der Waals surface area contributed by atoms with Crippen molar-refractivity contribution >= 4 is 56.2 Å². The minimum atomic E-state index is -3.64. The molecular formula is C24H22Cl2N4O5S. The number of carbonyl (C=O) groups is 1. The number of aryl methyl sites for hydroxylation is 1. The van der Waals surface area contributed by atoms with Gasteiger partial charge in [0.15, 0.2) is 0 Å². The summed E-state index contributed by atoms with van der Waals surface area (Å²) in [5, 5.41) is 14.3. The van der Waals surface area contributed by atoms with Crippen LogP contribution in [0.25, 0.3) is 0 Å². The maximum Gasteiger partial charge on any atom is 0.270 e. The third-order valence-corrected chi connectivity index (χ3v) is 8.40. The van der Waals surface area contributed by atoms with Crippen molar-refractivity contribution in [3.05, 3.63) is 92.0 Å². The average Bonchev–Trinajstić information content (AvgIpc) is 2.84. The van der Waals surface area contributed by atoms with Crippen molar-refractivity contribution in [3.63, 3.8) is 0 Å². The zero-order valence-corrected chi connectivity index (χ0v) is 21.5. The van der Waals surface area contributed by atoms with E-state index in [1.807, 2.05) is 11.8 Å². The third kappa shape index (κ3) is 5.31. The summed E-state index contributed by atoms with van der Waals surface area (Å²) in [4.78, 5) is 25.6. The standard InChI is InChI=1S/C24H22Cl2N4O5S/c1-16-5-8-18(9-6-16)36(34,35)29-13-11-28(12-14-29)23-21(26)3-2-4-22(23)27-24(31)19-15-17(30(32)33)7-10-20(19)25/h2-10,15H,11-14H2,1H3,(H,27,31). The van der Waals surface area contributed by atoms with Crippen LogP contribution in [-0.2, 0) is 10.0 Å². The molecule has 0 bridgehead atoms. The van der Waals surface area contributed by atoms with Gasteiger partial charge >= 0.3 is 0 Å². The van der Waals surface area contributed by atoms with Crippen LogP contribution >= 0.6 is 23.2 Å². The Bertz CT molecular complexity index is 1420. The van der Waals surface area contributed by atoms with Crippen LogP contribution in [0.3, 0.4) is 0 Å². The van der Waals surface area contributed by atoms with Crippen LogP contribution in [0.5, 0.6) is 0 Å². The maximum atomic E-state index is 13.0. The van der Waals surface area contributed by atoms with Gasteiger partial charge in [0.25, 0.3) is 11.6 Å². The van der Waals surface area contributed by atoms with E-state index < -0.39 is 20.9 Å². The first-order chi connectivity index (χ1) is 17.1. The fourth-order valence-corrected chi connectivity index (χ4v) is 5.86. The summed E-state index contributed by atoms with van der Waals surface area (Å²) < 4.78 is 27.5. The van der Waals surface area contributed by atoms with Crippen LogP contribution in [0.15, 0.2) is 65.6 Å². The number of rotatable bonds is 6. The summed E-state index contributed by atoms with van der Waals surface area (Å²) in [6.45, 7) is 3.03. The largest absolute Gasteiger partial charge is 0.366 e. The lowest BCUT2D eigenvalue weighted by atomic mass is 10.1. The van der Waals surface area contributed by atoms with Crippen molar-refractivity contribution in [1.29, 1.82) is 0 Å². The molecule has 1 heterocycles. The van der Waals surface area contributed by atoms with E-state index in [2.05, 4.69) is 5.32 Å². The van der Waals surface area contributed by atoms with Crippen LogP contribution < -0.4 is 10.2 Å². The van der Waals surface area contributed by atoms with E-state index in [9.17, 15) is 23.3 Å². The number of benzene rings is 3. The van der Waals surface area contributed by atoms with Crippen LogP contribution in [-0.4, -0.2) is 49.7 Å². The second kappa shape index (κ2) is 10.4. The number of sulfonamides is 1. The summed E-state index contributed by atoms with van der Waals surface area (Å²) in [5.74, 6) is -0.632. The van der Waals surface area contributed by atoms with E-state index in [1.54, 1.807) is 42.5 Å².